The van der Waals surface area contributed by atoms with Crippen LogP contribution in [0.3, 0.4) is 0 Å². The van der Waals surface area contributed by atoms with Crippen LogP contribution in [0.15, 0.2) is 53.4 Å². The second kappa shape index (κ2) is 9.65. The second-order valence-electron chi connectivity index (χ2n) is 6.99. The number of halogens is 3. The maximum Gasteiger partial charge on any atom is 0.418 e. The summed E-state index contributed by atoms with van der Waals surface area (Å²) < 4.78 is 39.2. The van der Waals surface area contributed by atoms with Crippen LogP contribution in [0.5, 0.6) is 0 Å². The van der Waals surface area contributed by atoms with Crippen LogP contribution >= 0.6 is 11.8 Å². The molecule has 29 heavy (non-hydrogen) atoms. The summed E-state index contributed by atoms with van der Waals surface area (Å²) in [7, 11) is 0. The second-order valence-corrected chi connectivity index (χ2v) is 7.87. The van der Waals surface area contributed by atoms with Crippen molar-refractivity contribution in [3.63, 3.8) is 0 Å². The van der Waals surface area contributed by atoms with Crippen molar-refractivity contribution in [3.8, 4) is 0 Å². The van der Waals surface area contributed by atoms with Crippen LogP contribution < -0.4 is 5.32 Å². The molecule has 3 rings (SSSR count). The van der Waals surface area contributed by atoms with Crippen LogP contribution in [-0.4, -0.2) is 54.7 Å². The first-order valence-electron chi connectivity index (χ1n) is 9.39. The Hall–Kier alpha value is -2.03. The minimum absolute atomic E-state index is 0.0858. The average molecular weight is 424 g/mol. The molecule has 1 N–H and O–H groups in total. The molecule has 0 saturated carbocycles. The van der Waals surface area contributed by atoms with Gasteiger partial charge in [0.05, 0.1) is 17.8 Å². The van der Waals surface area contributed by atoms with E-state index in [-0.39, 0.29) is 12.2 Å². The Kier molecular flexibility index (Phi) is 7.21. The van der Waals surface area contributed by atoms with Crippen molar-refractivity contribution >= 4 is 23.4 Å². The van der Waals surface area contributed by atoms with Crippen molar-refractivity contribution in [2.24, 2.45) is 0 Å². The standard InChI is InChI=1S/C21H24F3N3OS/c1-29-17-8-6-16(7-9-17)14-26-10-12-27(13-11-26)15-20(28)25-19-5-3-2-4-18(19)21(22,23)24/h2-9H,10-15H2,1H3,(H,25,28). The molecule has 1 fully saturated rings. The first-order valence-corrected chi connectivity index (χ1v) is 10.6. The number of hydrogen-bond donors (Lipinski definition) is 1. The largest absolute Gasteiger partial charge is 0.418 e. The monoisotopic (exact) mass is 423 g/mol. The van der Waals surface area contributed by atoms with Crippen molar-refractivity contribution < 1.29 is 18.0 Å². The fraction of sp³-hybridized carbons (Fsp3) is 0.381. The number of para-hydroxylation sites is 1. The molecule has 0 aliphatic carbocycles. The van der Waals surface area contributed by atoms with Gasteiger partial charge < -0.3 is 5.32 Å². The number of hydrogen-bond acceptors (Lipinski definition) is 4. The van der Waals surface area contributed by atoms with Crippen LogP contribution in [0.25, 0.3) is 0 Å². The van der Waals surface area contributed by atoms with Gasteiger partial charge in [-0.15, -0.1) is 11.8 Å². The van der Waals surface area contributed by atoms with E-state index in [2.05, 4.69) is 34.5 Å². The molecule has 2 aromatic carbocycles. The first-order chi connectivity index (χ1) is 13.8. The van der Waals surface area contributed by atoms with Crippen molar-refractivity contribution in [1.29, 1.82) is 0 Å². The van der Waals surface area contributed by atoms with Crippen LogP contribution in [0.1, 0.15) is 11.1 Å². The molecule has 0 aromatic heterocycles. The van der Waals surface area contributed by atoms with Gasteiger partial charge in [0.25, 0.3) is 0 Å². The Morgan fingerprint density at radius 2 is 1.62 bits per heavy atom. The lowest BCUT2D eigenvalue weighted by atomic mass is 10.1. The number of rotatable bonds is 6. The Balaban J connectivity index is 1.47. The van der Waals surface area contributed by atoms with Crippen LogP contribution in [0, 0.1) is 0 Å². The normalized spacial score (nSPS) is 16.0. The summed E-state index contributed by atoms with van der Waals surface area (Å²) in [4.78, 5) is 17.8. The molecule has 0 atom stereocenters. The quantitative estimate of drug-likeness (QED) is 0.707. The Morgan fingerprint density at radius 3 is 2.24 bits per heavy atom. The van der Waals surface area contributed by atoms with Gasteiger partial charge in [0.2, 0.25) is 5.91 Å². The van der Waals surface area contributed by atoms with Crippen LogP contribution in [-0.2, 0) is 17.5 Å². The maximum absolute atomic E-state index is 13.1. The molecule has 4 nitrogen and oxygen atoms in total. The van der Waals surface area contributed by atoms with Crippen molar-refractivity contribution in [3.05, 3.63) is 59.7 Å². The summed E-state index contributed by atoms with van der Waals surface area (Å²) in [5.41, 5.74) is 0.223. The SMILES string of the molecule is CSc1ccc(CN2CCN(CC(=O)Nc3ccccc3C(F)(F)F)CC2)cc1. The van der Waals surface area contributed by atoms with E-state index in [1.165, 1.54) is 28.7 Å². The molecule has 2 aromatic rings. The van der Waals surface area contributed by atoms with E-state index >= 15 is 0 Å². The van der Waals surface area contributed by atoms with E-state index in [4.69, 9.17) is 0 Å². The number of nitrogens with one attached hydrogen (secondary N) is 1. The summed E-state index contributed by atoms with van der Waals surface area (Å²) in [6, 6.07) is 13.5. The smallest absolute Gasteiger partial charge is 0.324 e. The molecule has 1 heterocycles. The predicted octanol–water partition coefficient (Wildman–Crippen LogP) is 4.18. The summed E-state index contributed by atoms with van der Waals surface area (Å²) in [6.45, 7) is 3.98. The lowest BCUT2D eigenvalue weighted by molar-refractivity contribution is -0.137. The summed E-state index contributed by atoms with van der Waals surface area (Å²) >= 11 is 1.71. The zero-order valence-corrected chi connectivity index (χ0v) is 17.0. The third-order valence-corrected chi connectivity index (χ3v) is 5.65. The van der Waals surface area contributed by atoms with Crippen LogP contribution in [0.2, 0.25) is 0 Å². The van der Waals surface area contributed by atoms with E-state index < -0.39 is 17.6 Å². The molecule has 0 bridgehead atoms. The van der Waals surface area contributed by atoms with E-state index in [9.17, 15) is 18.0 Å². The molecule has 156 valence electrons. The molecule has 0 unspecified atom stereocenters. The number of benzene rings is 2. The number of carbonyl (C=O) groups excluding carboxylic acids is 1. The van der Waals surface area contributed by atoms with Crippen LogP contribution in [0.4, 0.5) is 18.9 Å². The highest BCUT2D eigenvalue weighted by molar-refractivity contribution is 7.98. The Morgan fingerprint density at radius 1 is 1.00 bits per heavy atom. The van der Waals surface area contributed by atoms with Gasteiger partial charge in [0.15, 0.2) is 0 Å². The highest BCUT2D eigenvalue weighted by Crippen LogP contribution is 2.34. The van der Waals surface area contributed by atoms with Crippen molar-refractivity contribution in [2.45, 2.75) is 17.6 Å². The summed E-state index contributed by atoms with van der Waals surface area (Å²) in [5.74, 6) is -0.428. The molecule has 0 radical (unpaired) electrons. The summed E-state index contributed by atoms with van der Waals surface area (Å²) in [5, 5.41) is 2.41. The molecule has 1 aliphatic heterocycles. The van der Waals surface area contributed by atoms with Gasteiger partial charge in [0, 0.05) is 37.6 Å². The zero-order valence-electron chi connectivity index (χ0n) is 16.2. The Labute approximate surface area is 173 Å². The number of carbonyl (C=O) groups is 1. The van der Waals surface area contributed by atoms with E-state index in [1.807, 2.05) is 11.2 Å². The molecular formula is C21H24F3N3OS. The molecule has 8 heteroatoms. The van der Waals surface area contributed by atoms with Crippen molar-refractivity contribution in [2.75, 3.05) is 44.3 Å². The van der Waals surface area contributed by atoms with Gasteiger partial charge in [-0.2, -0.15) is 13.2 Å². The van der Waals surface area contributed by atoms with Gasteiger partial charge in [-0.1, -0.05) is 24.3 Å². The molecule has 1 saturated heterocycles. The third kappa shape index (κ3) is 6.22. The molecule has 0 spiro atoms. The van der Waals surface area contributed by atoms with Crippen molar-refractivity contribution in [1.82, 2.24) is 9.80 Å². The van der Waals surface area contributed by atoms with E-state index in [0.29, 0.717) is 13.1 Å². The van der Waals surface area contributed by atoms with Gasteiger partial charge in [-0.3, -0.25) is 14.6 Å². The maximum atomic E-state index is 13.1. The minimum Gasteiger partial charge on any atom is -0.324 e. The topological polar surface area (TPSA) is 35.6 Å². The number of piperazine rings is 1. The minimum atomic E-state index is -4.50. The fourth-order valence-corrected chi connectivity index (χ4v) is 3.74. The Bertz CT molecular complexity index is 819. The number of nitrogens with zero attached hydrogens (tertiary/aromatic N) is 2. The fourth-order valence-electron chi connectivity index (χ4n) is 3.33. The zero-order chi connectivity index (χ0) is 20.9. The highest BCUT2D eigenvalue weighted by atomic mass is 32.2. The van der Waals surface area contributed by atoms with Gasteiger partial charge in [-0.05, 0) is 36.1 Å². The van der Waals surface area contributed by atoms with Gasteiger partial charge >= 0.3 is 6.18 Å². The number of anilines is 1. The molecule has 1 amide bonds. The number of thioether (sulfide) groups is 1. The third-order valence-electron chi connectivity index (χ3n) is 4.90. The predicted molar refractivity (Wildman–Crippen MR) is 110 cm³/mol. The van der Waals surface area contributed by atoms with E-state index in [0.717, 1.165) is 25.7 Å². The average Bonchev–Trinajstić information content (AvgIpc) is 2.69. The first kappa shape index (κ1) is 21.7. The number of alkyl halides is 3. The molecular weight excluding hydrogens is 399 g/mol. The van der Waals surface area contributed by atoms with Gasteiger partial charge in [-0.25, -0.2) is 0 Å². The lowest BCUT2D eigenvalue weighted by Crippen LogP contribution is -2.48. The summed E-state index contributed by atoms with van der Waals surface area (Å²) in [6.07, 6.45) is -2.45. The van der Waals surface area contributed by atoms with E-state index in [1.54, 1.807) is 11.8 Å². The van der Waals surface area contributed by atoms with Gasteiger partial charge in [0.1, 0.15) is 0 Å². The number of amides is 1. The molecule has 1 aliphatic rings. The lowest BCUT2D eigenvalue weighted by Gasteiger charge is -2.34. The highest BCUT2D eigenvalue weighted by Gasteiger charge is 2.33.